The molecule has 0 bridgehead atoms. The molecule has 0 spiro atoms. The van der Waals surface area contributed by atoms with Gasteiger partial charge in [-0.25, -0.2) is 0 Å². The molecule has 1 heterocycles. The molecule has 9 heteroatoms. The molecule has 0 aliphatic rings. The molecule has 9 nitrogen and oxygen atoms in total. The number of amides is 1. The highest BCUT2D eigenvalue weighted by Crippen LogP contribution is 2.22. The van der Waals surface area contributed by atoms with Gasteiger partial charge in [0.15, 0.2) is 0 Å². The summed E-state index contributed by atoms with van der Waals surface area (Å²) in [5, 5.41) is 15.0. The number of ether oxygens (including phenoxy) is 1. The van der Waals surface area contributed by atoms with Gasteiger partial charge in [0.05, 0.1) is 12.0 Å². The first-order chi connectivity index (χ1) is 16.5. The first-order valence-corrected chi connectivity index (χ1v) is 10.6. The zero-order valence-electron chi connectivity index (χ0n) is 18.5. The minimum atomic E-state index is -0.475. The minimum absolute atomic E-state index is 0.0528. The van der Waals surface area contributed by atoms with E-state index in [2.05, 4.69) is 10.1 Å². The molecule has 1 amide bonds. The lowest BCUT2D eigenvalue weighted by molar-refractivity contribution is -0.384. The van der Waals surface area contributed by atoms with Gasteiger partial charge in [0.2, 0.25) is 11.7 Å². The summed E-state index contributed by atoms with van der Waals surface area (Å²) in [6.07, 6.45) is 0.330. The van der Waals surface area contributed by atoms with Crippen LogP contribution in [0.5, 0.6) is 5.75 Å². The highest BCUT2D eigenvalue weighted by molar-refractivity contribution is 5.94. The van der Waals surface area contributed by atoms with Crippen LogP contribution in [0.25, 0.3) is 11.4 Å². The molecule has 0 atom stereocenters. The van der Waals surface area contributed by atoms with Crippen LogP contribution in [0, 0.1) is 10.1 Å². The third-order valence-corrected chi connectivity index (χ3v) is 5.22. The molecule has 0 aliphatic carbocycles. The molecule has 4 rings (SSSR count). The molecule has 0 saturated carbocycles. The molecule has 0 unspecified atom stereocenters. The summed E-state index contributed by atoms with van der Waals surface area (Å²) in [5.41, 5.74) is 1.97. The third kappa shape index (κ3) is 5.44. The average molecular weight is 458 g/mol. The maximum atomic E-state index is 13.3. The van der Waals surface area contributed by atoms with Crippen molar-refractivity contribution in [1.82, 2.24) is 15.0 Å². The lowest BCUT2D eigenvalue weighted by Gasteiger charge is -2.22. The van der Waals surface area contributed by atoms with Gasteiger partial charge in [-0.15, -0.1) is 0 Å². The number of hydrogen-bond acceptors (Lipinski definition) is 7. The van der Waals surface area contributed by atoms with E-state index < -0.39 is 4.92 Å². The van der Waals surface area contributed by atoms with Gasteiger partial charge >= 0.3 is 0 Å². The van der Waals surface area contributed by atoms with Crippen molar-refractivity contribution >= 4 is 11.6 Å². The van der Waals surface area contributed by atoms with Crippen LogP contribution in [0.4, 0.5) is 5.69 Å². The van der Waals surface area contributed by atoms with Gasteiger partial charge in [-0.1, -0.05) is 47.6 Å². The molecule has 0 fully saturated rings. The van der Waals surface area contributed by atoms with Crippen LogP contribution in [-0.4, -0.2) is 39.5 Å². The number of nitro benzene ring substituents is 1. The fourth-order valence-electron chi connectivity index (χ4n) is 3.44. The molecule has 0 aliphatic heterocycles. The topological polar surface area (TPSA) is 112 Å². The lowest BCUT2D eigenvalue weighted by atomic mass is 10.1. The van der Waals surface area contributed by atoms with Crippen LogP contribution in [0.1, 0.15) is 21.8 Å². The molecule has 0 N–H and O–H groups in total. The van der Waals surface area contributed by atoms with Crippen LogP contribution >= 0.6 is 0 Å². The Hall–Kier alpha value is -4.53. The summed E-state index contributed by atoms with van der Waals surface area (Å²) in [4.78, 5) is 29.9. The Balaban J connectivity index is 1.51. The van der Waals surface area contributed by atoms with Crippen molar-refractivity contribution in [3.63, 3.8) is 0 Å². The Bertz CT molecular complexity index is 1270. The van der Waals surface area contributed by atoms with Crippen molar-refractivity contribution < 1.29 is 19.0 Å². The van der Waals surface area contributed by atoms with Gasteiger partial charge in [0.1, 0.15) is 5.75 Å². The zero-order valence-corrected chi connectivity index (χ0v) is 18.5. The van der Waals surface area contributed by atoms with Gasteiger partial charge < -0.3 is 14.2 Å². The van der Waals surface area contributed by atoms with E-state index >= 15 is 0 Å². The molecule has 4 aromatic rings. The minimum Gasteiger partial charge on any atom is -0.497 e. The zero-order chi connectivity index (χ0) is 23.9. The number of aromatic nitrogens is 2. The number of carbonyl (C=O) groups excluding carboxylic acids is 1. The monoisotopic (exact) mass is 458 g/mol. The van der Waals surface area contributed by atoms with E-state index in [4.69, 9.17) is 9.26 Å². The van der Waals surface area contributed by atoms with E-state index in [9.17, 15) is 14.9 Å². The number of benzene rings is 3. The first kappa shape index (κ1) is 22.7. The van der Waals surface area contributed by atoms with Gasteiger partial charge in [0.25, 0.3) is 11.6 Å². The molecule has 0 radical (unpaired) electrons. The number of hydrogen-bond donors (Lipinski definition) is 0. The molecular formula is C25H22N4O5. The standard InChI is InChI=1S/C25H22N4O5/c1-33-22-12-10-19(11-13-22)25(30)28(17-18-6-3-2-4-7-18)15-14-23-26-24(27-34-23)20-8-5-9-21(16-20)29(31)32/h2-13,16H,14-15,17H2,1H3. The predicted octanol–water partition coefficient (Wildman–Crippen LogP) is 4.54. The fraction of sp³-hybridized carbons (Fsp3) is 0.160. The number of nitro groups is 1. The average Bonchev–Trinajstić information content (AvgIpc) is 3.36. The Morgan fingerprint density at radius 1 is 1.06 bits per heavy atom. The van der Waals surface area contributed by atoms with E-state index in [1.54, 1.807) is 48.4 Å². The summed E-state index contributed by atoms with van der Waals surface area (Å²) in [6.45, 7) is 0.758. The van der Waals surface area contributed by atoms with Crippen molar-refractivity contribution in [2.24, 2.45) is 0 Å². The number of rotatable bonds is 9. The maximum absolute atomic E-state index is 13.3. The van der Waals surface area contributed by atoms with Crippen molar-refractivity contribution in [1.29, 1.82) is 0 Å². The second-order valence-electron chi connectivity index (χ2n) is 7.51. The Morgan fingerprint density at radius 3 is 2.53 bits per heavy atom. The SMILES string of the molecule is COc1ccc(C(=O)N(CCc2nc(-c3cccc([N+](=O)[O-])c3)no2)Cc2ccccc2)cc1. The lowest BCUT2D eigenvalue weighted by Crippen LogP contribution is -2.32. The molecular weight excluding hydrogens is 436 g/mol. The van der Waals surface area contributed by atoms with Crippen LogP contribution in [0.3, 0.4) is 0 Å². The van der Waals surface area contributed by atoms with Gasteiger partial charge in [-0.3, -0.25) is 14.9 Å². The van der Waals surface area contributed by atoms with Crippen molar-refractivity contribution in [3.05, 3.63) is 106 Å². The van der Waals surface area contributed by atoms with Crippen LogP contribution < -0.4 is 4.74 Å². The quantitative estimate of drug-likeness (QED) is 0.267. The second kappa shape index (κ2) is 10.4. The Morgan fingerprint density at radius 2 is 1.82 bits per heavy atom. The van der Waals surface area contributed by atoms with E-state index in [0.717, 1.165) is 5.56 Å². The number of methoxy groups -OCH3 is 1. The van der Waals surface area contributed by atoms with Crippen molar-refractivity contribution in [2.45, 2.75) is 13.0 Å². The number of non-ortho nitro benzene ring substituents is 1. The second-order valence-corrected chi connectivity index (χ2v) is 7.51. The third-order valence-electron chi connectivity index (χ3n) is 5.22. The molecule has 34 heavy (non-hydrogen) atoms. The number of nitrogens with zero attached hydrogens (tertiary/aromatic N) is 4. The van der Waals surface area contributed by atoms with Crippen LogP contribution in [0.15, 0.2) is 83.4 Å². The molecule has 0 saturated heterocycles. The normalized spacial score (nSPS) is 10.6. The highest BCUT2D eigenvalue weighted by atomic mass is 16.6. The molecule has 3 aromatic carbocycles. The van der Waals surface area contributed by atoms with Gasteiger partial charge in [0, 0.05) is 42.8 Å². The van der Waals surface area contributed by atoms with E-state index in [-0.39, 0.29) is 17.4 Å². The van der Waals surface area contributed by atoms with Crippen LogP contribution in [-0.2, 0) is 13.0 Å². The van der Waals surface area contributed by atoms with E-state index in [0.29, 0.717) is 42.3 Å². The predicted molar refractivity (Wildman–Crippen MR) is 124 cm³/mol. The number of carbonyl (C=O) groups is 1. The Labute approximate surface area is 195 Å². The molecule has 1 aromatic heterocycles. The highest BCUT2D eigenvalue weighted by Gasteiger charge is 2.19. The van der Waals surface area contributed by atoms with E-state index in [1.165, 1.54) is 12.1 Å². The van der Waals surface area contributed by atoms with E-state index in [1.807, 2.05) is 30.3 Å². The first-order valence-electron chi connectivity index (χ1n) is 10.6. The maximum Gasteiger partial charge on any atom is 0.270 e. The molecule has 172 valence electrons. The van der Waals surface area contributed by atoms with Gasteiger partial charge in [-0.05, 0) is 29.8 Å². The largest absolute Gasteiger partial charge is 0.497 e. The fourth-order valence-corrected chi connectivity index (χ4v) is 3.44. The smallest absolute Gasteiger partial charge is 0.270 e. The summed E-state index contributed by atoms with van der Waals surface area (Å²) < 4.78 is 10.5. The van der Waals surface area contributed by atoms with Crippen molar-refractivity contribution in [3.8, 4) is 17.1 Å². The summed E-state index contributed by atoms with van der Waals surface area (Å²) in [5.74, 6) is 1.13. The van der Waals surface area contributed by atoms with Crippen LogP contribution in [0.2, 0.25) is 0 Å². The summed E-state index contributed by atoms with van der Waals surface area (Å²) in [7, 11) is 1.57. The van der Waals surface area contributed by atoms with Crippen molar-refractivity contribution in [2.75, 3.05) is 13.7 Å². The summed E-state index contributed by atoms with van der Waals surface area (Å²) >= 11 is 0. The Kier molecular flexibility index (Phi) is 6.92. The summed E-state index contributed by atoms with van der Waals surface area (Å²) in [6, 6.07) is 22.7. The van der Waals surface area contributed by atoms with Gasteiger partial charge in [-0.2, -0.15) is 4.98 Å².